The van der Waals surface area contributed by atoms with Crippen LogP contribution in [0.15, 0.2) is 61.2 Å². The molecule has 0 atom stereocenters. The Morgan fingerprint density at radius 1 is 1.16 bits per heavy atom. The highest BCUT2D eigenvalue weighted by molar-refractivity contribution is 7.22. The number of rotatable bonds is 8. The van der Waals surface area contributed by atoms with Gasteiger partial charge in [0.1, 0.15) is 5.75 Å². The number of carbonyl (C=O) groups is 1. The van der Waals surface area contributed by atoms with Crippen LogP contribution >= 0.6 is 23.7 Å². The van der Waals surface area contributed by atoms with E-state index in [2.05, 4.69) is 31.0 Å². The minimum atomic E-state index is -0.0992. The van der Waals surface area contributed by atoms with E-state index in [0.29, 0.717) is 17.4 Å². The van der Waals surface area contributed by atoms with E-state index in [1.165, 1.54) is 5.56 Å². The summed E-state index contributed by atoms with van der Waals surface area (Å²) in [6.45, 7) is 5.48. The maximum absolute atomic E-state index is 13.1. The molecule has 6 nitrogen and oxygen atoms in total. The van der Waals surface area contributed by atoms with Crippen molar-refractivity contribution in [1.29, 1.82) is 0 Å². The van der Waals surface area contributed by atoms with Gasteiger partial charge < -0.3 is 9.30 Å². The van der Waals surface area contributed by atoms with Crippen molar-refractivity contribution in [2.45, 2.75) is 26.8 Å². The van der Waals surface area contributed by atoms with E-state index in [1.54, 1.807) is 28.8 Å². The molecule has 0 saturated carbocycles. The number of fused-ring (bicyclic) bond motifs is 1. The topological polar surface area (TPSA) is 60.2 Å². The van der Waals surface area contributed by atoms with E-state index >= 15 is 0 Å². The predicted molar refractivity (Wildman–Crippen MR) is 127 cm³/mol. The fourth-order valence-electron chi connectivity index (χ4n) is 3.23. The lowest BCUT2D eigenvalue weighted by atomic mass is 10.1. The fraction of sp³-hybridized carbons (Fsp3) is 0.261. The minimum Gasteiger partial charge on any atom is -0.484 e. The van der Waals surface area contributed by atoms with Crippen molar-refractivity contribution in [2.24, 2.45) is 0 Å². The molecule has 4 aromatic rings. The van der Waals surface area contributed by atoms with Crippen LogP contribution in [0.2, 0.25) is 0 Å². The SMILES string of the molecule is Cc1ccc2sc(N(CCCn3ccnc3)C(=O)COc3ccccc3)nc2c1C.Cl. The summed E-state index contributed by atoms with van der Waals surface area (Å²) in [6.07, 6.45) is 6.26. The normalized spacial score (nSPS) is 10.6. The molecule has 0 unspecified atom stereocenters. The summed E-state index contributed by atoms with van der Waals surface area (Å²) in [6, 6.07) is 13.6. The van der Waals surface area contributed by atoms with Crippen LogP contribution in [0.3, 0.4) is 0 Å². The molecule has 0 N–H and O–H groups in total. The van der Waals surface area contributed by atoms with Crippen LogP contribution in [0.25, 0.3) is 10.2 Å². The van der Waals surface area contributed by atoms with Gasteiger partial charge in [0.2, 0.25) is 0 Å². The zero-order valence-electron chi connectivity index (χ0n) is 17.5. The van der Waals surface area contributed by atoms with Gasteiger partial charge in [0.25, 0.3) is 5.91 Å². The number of anilines is 1. The first kappa shape index (κ1) is 22.8. The number of imidazole rings is 1. The highest BCUT2D eigenvalue weighted by Crippen LogP contribution is 2.32. The van der Waals surface area contributed by atoms with Gasteiger partial charge in [0.05, 0.1) is 16.5 Å². The molecule has 162 valence electrons. The number of amides is 1. The first-order valence-corrected chi connectivity index (χ1v) is 10.7. The van der Waals surface area contributed by atoms with Crippen LogP contribution < -0.4 is 9.64 Å². The zero-order chi connectivity index (χ0) is 20.9. The van der Waals surface area contributed by atoms with Gasteiger partial charge in [-0.15, -0.1) is 12.4 Å². The van der Waals surface area contributed by atoms with Crippen molar-refractivity contribution in [3.8, 4) is 5.75 Å². The highest BCUT2D eigenvalue weighted by Gasteiger charge is 2.21. The molecule has 0 aliphatic heterocycles. The Bertz CT molecular complexity index is 1130. The van der Waals surface area contributed by atoms with Gasteiger partial charge in [-0.3, -0.25) is 9.69 Å². The number of para-hydroxylation sites is 1. The monoisotopic (exact) mass is 456 g/mol. The molecule has 8 heteroatoms. The molecule has 0 aliphatic rings. The average Bonchev–Trinajstić information content (AvgIpc) is 3.43. The van der Waals surface area contributed by atoms with Gasteiger partial charge in [-0.2, -0.15) is 0 Å². The molecule has 0 bridgehead atoms. The lowest BCUT2D eigenvalue weighted by Gasteiger charge is -2.20. The molecule has 0 spiro atoms. The molecule has 2 aromatic carbocycles. The van der Waals surface area contributed by atoms with E-state index in [-0.39, 0.29) is 24.9 Å². The van der Waals surface area contributed by atoms with Gasteiger partial charge in [-0.05, 0) is 49.6 Å². The number of benzene rings is 2. The van der Waals surface area contributed by atoms with Crippen molar-refractivity contribution >= 4 is 45.0 Å². The minimum absolute atomic E-state index is 0. The summed E-state index contributed by atoms with van der Waals surface area (Å²) in [7, 11) is 0. The quantitative estimate of drug-likeness (QED) is 0.373. The maximum atomic E-state index is 13.1. The maximum Gasteiger partial charge on any atom is 0.266 e. The largest absolute Gasteiger partial charge is 0.484 e. The summed E-state index contributed by atoms with van der Waals surface area (Å²) < 4.78 is 8.81. The van der Waals surface area contributed by atoms with Crippen molar-refractivity contribution in [3.63, 3.8) is 0 Å². The molecule has 4 rings (SSSR count). The number of hydrogen-bond donors (Lipinski definition) is 0. The van der Waals surface area contributed by atoms with Crippen molar-refractivity contribution in [2.75, 3.05) is 18.1 Å². The van der Waals surface area contributed by atoms with Gasteiger partial charge in [0, 0.05) is 25.5 Å². The molecule has 0 saturated heterocycles. The van der Waals surface area contributed by atoms with Crippen LogP contribution in [0, 0.1) is 13.8 Å². The second-order valence-corrected chi connectivity index (χ2v) is 8.16. The fourth-order valence-corrected chi connectivity index (χ4v) is 4.30. The van der Waals surface area contributed by atoms with Crippen LogP contribution in [0.5, 0.6) is 5.75 Å². The third kappa shape index (κ3) is 5.42. The second kappa shape index (κ2) is 10.4. The Balaban J connectivity index is 0.00000272. The van der Waals surface area contributed by atoms with Crippen molar-refractivity contribution in [3.05, 3.63) is 72.3 Å². The number of aromatic nitrogens is 3. The van der Waals surface area contributed by atoms with Crippen molar-refractivity contribution in [1.82, 2.24) is 14.5 Å². The number of thiazole rings is 1. The zero-order valence-corrected chi connectivity index (χ0v) is 19.2. The summed E-state index contributed by atoms with van der Waals surface area (Å²) in [5.41, 5.74) is 3.32. The van der Waals surface area contributed by atoms with Crippen LogP contribution in [0.1, 0.15) is 17.5 Å². The average molecular weight is 457 g/mol. The Morgan fingerprint density at radius 3 is 2.71 bits per heavy atom. The number of halogens is 1. The number of carbonyl (C=O) groups excluding carboxylic acids is 1. The Labute approximate surface area is 191 Å². The van der Waals surface area contributed by atoms with Crippen LogP contribution in [-0.2, 0) is 11.3 Å². The second-order valence-electron chi connectivity index (χ2n) is 7.15. The third-order valence-corrected chi connectivity index (χ3v) is 6.11. The molecule has 1 amide bonds. The molecule has 0 radical (unpaired) electrons. The van der Waals surface area contributed by atoms with E-state index in [1.807, 2.05) is 41.1 Å². The Kier molecular flexibility index (Phi) is 7.65. The molecular formula is C23H25ClN4O2S. The summed E-state index contributed by atoms with van der Waals surface area (Å²) in [4.78, 5) is 23.7. The van der Waals surface area contributed by atoms with E-state index < -0.39 is 0 Å². The molecule has 2 heterocycles. The smallest absolute Gasteiger partial charge is 0.266 e. The molecule has 0 fully saturated rings. The van der Waals surface area contributed by atoms with E-state index in [9.17, 15) is 4.79 Å². The number of hydrogen-bond acceptors (Lipinski definition) is 5. The lowest BCUT2D eigenvalue weighted by molar-refractivity contribution is -0.120. The predicted octanol–water partition coefficient (Wildman–Crippen LogP) is 5.03. The van der Waals surface area contributed by atoms with Gasteiger partial charge >= 0.3 is 0 Å². The molecule has 31 heavy (non-hydrogen) atoms. The first-order chi connectivity index (χ1) is 14.6. The summed E-state index contributed by atoms with van der Waals surface area (Å²) in [5, 5.41) is 0.714. The number of ether oxygens (including phenoxy) is 1. The van der Waals surface area contributed by atoms with E-state index in [4.69, 9.17) is 9.72 Å². The van der Waals surface area contributed by atoms with Crippen LogP contribution in [-0.4, -0.2) is 33.6 Å². The van der Waals surface area contributed by atoms with E-state index in [0.717, 1.165) is 28.7 Å². The van der Waals surface area contributed by atoms with Gasteiger partial charge in [-0.1, -0.05) is 35.6 Å². The van der Waals surface area contributed by atoms with Crippen molar-refractivity contribution < 1.29 is 9.53 Å². The third-order valence-electron chi connectivity index (χ3n) is 5.07. The number of aryl methyl sites for hydroxylation is 3. The molecular weight excluding hydrogens is 432 g/mol. The molecule has 2 aromatic heterocycles. The Hall–Kier alpha value is -2.90. The van der Waals surface area contributed by atoms with Gasteiger partial charge in [-0.25, -0.2) is 9.97 Å². The first-order valence-electron chi connectivity index (χ1n) is 9.92. The standard InChI is InChI=1S/C23H24N4O2S.ClH/c1-17-9-10-20-22(18(17)2)25-23(30-20)27(13-6-12-26-14-11-24-16-26)21(28)15-29-19-7-4-3-5-8-19;/h3-5,7-11,14,16H,6,12-13,15H2,1-2H3;1H. The number of nitrogens with zero attached hydrogens (tertiary/aromatic N) is 4. The molecule has 0 aliphatic carbocycles. The lowest BCUT2D eigenvalue weighted by Crippen LogP contribution is -2.36. The highest BCUT2D eigenvalue weighted by atomic mass is 35.5. The van der Waals surface area contributed by atoms with Crippen LogP contribution in [0.4, 0.5) is 5.13 Å². The van der Waals surface area contributed by atoms with Gasteiger partial charge in [0.15, 0.2) is 11.7 Å². The summed E-state index contributed by atoms with van der Waals surface area (Å²) >= 11 is 1.55. The summed E-state index contributed by atoms with van der Waals surface area (Å²) in [5.74, 6) is 0.581. The Morgan fingerprint density at radius 2 is 1.97 bits per heavy atom.